The number of esters is 1. The van der Waals surface area contributed by atoms with Crippen LogP contribution in [0.1, 0.15) is 76.0 Å². The fourth-order valence-electron chi connectivity index (χ4n) is 5.90. The number of pyridine rings is 1. The van der Waals surface area contributed by atoms with Gasteiger partial charge in [-0.2, -0.15) is 0 Å². The molecule has 9 heteroatoms. The number of carbonyl (C=O) groups is 2. The van der Waals surface area contributed by atoms with Crippen molar-refractivity contribution in [2.24, 2.45) is 5.41 Å². The fourth-order valence-corrected chi connectivity index (χ4v) is 7.21. The molecule has 244 valence electrons. The molecule has 0 saturated carbocycles. The second-order valence-electron chi connectivity index (χ2n) is 13.5. The Kier molecular flexibility index (Phi) is 10.5. The largest absolute Gasteiger partial charge is 0.481 e. The minimum Gasteiger partial charge on any atom is -0.481 e. The maximum Gasteiger partial charge on any atom is 0.311 e. The summed E-state index contributed by atoms with van der Waals surface area (Å²) in [5.74, 6) is 0.308. The highest BCUT2D eigenvalue weighted by Gasteiger charge is 2.36. The van der Waals surface area contributed by atoms with Crippen LogP contribution in [-0.2, 0) is 22.5 Å². The smallest absolute Gasteiger partial charge is 0.311 e. The van der Waals surface area contributed by atoms with E-state index < -0.39 is 11.5 Å². The lowest BCUT2D eigenvalue weighted by Gasteiger charge is -2.26. The molecule has 1 saturated heterocycles. The third kappa shape index (κ3) is 7.96. The summed E-state index contributed by atoms with van der Waals surface area (Å²) in [6, 6.07) is 17.4. The number of hydrogen-bond acceptors (Lipinski definition) is 7. The lowest BCUT2D eigenvalue weighted by Crippen LogP contribution is -2.44. The van der Waals surface area contributed by atoms with Crippen molar-refractivity contribution in [3.8, 4) is 5.75 Å². The molecule has 0 aliphatic carbocycles. The summed E-state index contributed by atoms with van der Waals surface area (Å²) in [5.41, 5.74) is 2.95. The number of aromatic nitrogens is 2. The summed E-state index contributed by atoms with van der Waals surface area (Å²) in [4.78, 5) is 32.2. The molecule has 0 radical (unpaired) electrons. The van der Waals surface area contributed by atoms with Gasteiger partial charge in [0, 0.05) is 62.2 Å². The topological polar surface area (TPSA) is 82.5 Å². The first-order valence-electron chi connectivity index (χ1n) is 16.0. The molecule has 5 rings (SSSR count). The fraction of sp³-hybridized carbons (Fsp3) is 0.432. The molecule has 2 atom stereocenters. The quantitative estimate of drug-likeness (QED) is 0.0932. The molecular formula is C37H44ClN3O4S. The average Bonchev–Trinajstić information content (AvgIpc) is 3.64. The normalized spacial score (nSPS) is 16.0. The standard InChI is InChI=1S/C37H44ClN3O4S/c1-7-44-35(43)37(5,6)21-31-34(46-36(2,3)4)28-20-27(16-17-30(28)41(31)23-24-12-14-26(38)15-13-24)45-33(29-11-9-19-40-29)32(42)25-10-8-18-39-22-25/h8,10,12-18,20,22,29,33,40H,7,9,11,19,21,23H2,1-6H3. The van der Waals surface area contributed by atoms with Gasteiger partial charge in [0.1, 0.15) is 5.75 Å². The van der Waals surface area contributed by atoms with Gasteiger partial charge in [0.2, 0.25) is 5.78 Å². The maximum atomic E-state index is 13.7. The summed E-state index contributed by atoms with van der Waals surface area (Å²) in [6.45, 7) is 14.1. The Labute approximate surface area is 281 Å². The van der Waals surface area contributed by atoms with Crippen LogP contribution in [0.5, 0.6) is 5.75 Å². The highest BCUT2D eigenvalue weighted by molar-refractivity contribution is 8.00. The number of Topliss-reactive ketones (excluding diaryl/α,β-unsaturated/α-hetero) is 1. The van der Waals surface area contributed by atoms with Crippen molar-refractivity contribution in [1.82, 2.24) is 14.9 Å². The van der Waals surface area contributed by atoms with Crippen LogP contribution in [0.3, 0.4) is 0 Å². The second kappa shape index (κ2) is 14.2. The number of nitrogens with zero attached hydrogens (tertiary/aromatic N) is 2. The van der Waals surface area contributed by atoms with Crippen LogP contribution in [0.4, 0.5) is 0 Å². The minimum absolute atomic E-state index is 0.0888. The molecule has 46 heavy (non-hydrogen) atoms. The van der Waals surface area contributed by atoms with E-state index in [-0.39, 0.29) is 22.5 Å². The van der Waals surface area contributed by atoms with E-state index in [2.05, 4.69) is 47.8 Å². The molecule has 0 bridgehead atoms. The van der Waals surface area contributed by atoms with E-state index in [9.17, 15) is 9.59 Å². The molecule has 2 aromatic heterocycles. The minimum atomic E-state index is -0.760. The van der Waals surface area contributed by atoms with Crippen molar-refractivity contribution in [3.05, 3.63) is 88.8 Å². The summed E-state index contributed by atoms with van der Waals surface area (Å²) in [5, 5.41) is 5.18. The third-order valence-electron chi connectivity index (χ3n) is 8.12. The Bertz CT molecular complexity index is 1670. The van der Waals surface area contributed by atoms with Crippen molar-refractivity contribution in [2.45, 2.75) is 89.1 Å². The van der Waals surface area contributed by atoms with E-state index in [1.54, 1.807) is 36.3 Å². The van der Waals surface area contributed by atoms with Crippen LogP contribution in [0.2, 0.25) is 5.02 Å². The van der Waals surface area contributed by atoms with E-state index in [0.29, 0.717) is 35.9 Å². The predicted octanol–water partition coefficient (Wildman–Crippen LogP) is 8.14. The van der Waals surface area contributed by atoms with Crippen molar-refractivity contribution in [1.29, 1.82) is 0 Å². The molecule has 1 N–H and O–H groups in total. The first-order chi connectivity index (χ1) is 21.9. The average molecular weight is 662 g/mol. The zero-order valence-electron chi connectivity index (χ0n) is 27.6. The van der Waals surface area contributed by atoms with Gasteiger partial charge in [-0.25, -0.2) is 0 Å². The predicted molar refractivity (Wildman–Crippen MR) is 186 cm³/mol. The first-order valence-corrected chi connectivity index (χ1v) is 17.2. The van der Waals surface area contributed by atoms with E-state index >= 15 is 0 Å². The summed E-state index contributed by atoms with van der Waals surface area (Å²) in [7, 11) is 0. The zero-order chi connectivity index (χ0) is 33.1. The van der Waals surface area contributed by atoms with Crippen LogP contribution in [0.15, 0.2) is 71.9 Å². The van der Waals surface area contributed by atoms with Crippen LogP contribution >= 0.6 is 23.4 Å². The first kappa shape index (κ1) is 34.0. The van der Waals surface area contributed by atoms with Gasteiger partial charge in [0.25, 0.3) is 0 Å². The van der Waals surface area contributed by atoms with Gasteiger partial charge in [-0.05, 0) is 88.2 Å². The lowest BCUT2D eigenvalue weighted by atomic mass is 9.87. The number of carbonyl (C=O) groups excluding carboxylic acids is 2. The Morgan fingerprint density at radius 1 is 1.11 bits per heavy atom. The molecule has 0 amide bonds. The summed E-state index contributed by atoms with van der Waals surface area (Å²) >= 11 is 8.00. The van der Waals surface area contributed by atoms with Crippen LogP contribution in [0.25, 0.3) is 10.9 Å². The number of ketones is 1. The molecular weight excluding hydrogens is 618 g/mol. The molecule has 1 fully saturated rings. The third-order valence-corrected chi connectivity index (χ3v) is 9.65. The lowest BCUT2D eigenvalue weighted by molar-refractivity contribution is -0.153. The van der Waals surface area contributed by atoms with E-state index in [0.717, 1.165) is 46.4 Å². The van der Waals surface area contributed by atoms with Crippen molar-refractivity contribution >= 4 is 46.0 Å². The molecule has 4 aromatic rings. The highest BCUT2D eigenvalue weighted by Crippen LogP contribution is 2.44. The molecule has 2 aromatic carbocycles. The Morgan fingerprint density at radius 2 is 1.87 bits per heavy atom. The van der Waals surface area contributed by atoms with Crippen molar-refractivity contribution in [2.75, 3.05) is 13.2 Å². The Balaban J connectivity index is 1.64. The summed E-state index contributed by atoms with van der Waals surface area (Å²) in [6.07, 6.45) is 4.90. The molecule has 0 spiro atoms. The SMILES string of the molecule is CCOC(=O)C(C)(C)Cc1c(SC(C)(C)C)c2cc(OC(C(=O)c3cccnc3)C3CCCN3)ccc2n1Cc1ccc(Cl)cc1. The van der Waals surface area contributed by atoms with Gasteiger partial charge in [-0.1, -0.05) is 44.5 Å². The number of hydrogen-bond donors (Lipinski definition) is 1. The van der Waals surface area contributed by atoms with Crippen LogP contribution < -0.4 is 10.1 Å². The van der Waals surface area contributed by atoms with Gasteiger partial charge in [-0.15, -0.1) is 11.8 Å². The van der Waals surface area contributed by atoms with Gasteiger partial charge < -0.3 is 19.4 Å². The number of nitrogens with one attached hydrogen (secondary N) is 1. The Hall–Kier alpha value is -3.33. The van der Waals surface area contributed by atoms with Gasteiger partial charge in [-0.3, -0.25) is 14.6 Å². The molecule has 1 aliphatic rings. The van der Waals surface area contributed by atoms with Crippen molar-refractivity contribution < 1.29 is 19.1 Å². The maximum absolute atomic E-state index is 13.7. The zero-order valence-corrected chi connectivity index (χ0v) is 29.1. The van der Waals surface area contributed by atoms with Gasteiger partial charge in [0.05, 0.1) is 18.1 Å². The number of thioether (sulfide) groups is 1. The number of ether oxygens (including phenoxy) is 2. The number of fused-ring (bicyclic) bond motifs is 1. The second-order valence-corrected chi connectivity index (χ2v) is 15.8. The number of rotatable bonds is 12. The van der Waals surface area contributed by atoms with Crippen LogP contribution in [-0.4, -0.2) is 51.3 Å². The van der Waals surface area contributed by atoms with Crippen molar-refractivity contribution in [3.63, 3.8) is 0 Å². The number of halogens is 1. The molecule has 1 aliphatic heterocycles. The van der Waals surface area contributed by atoms with Crippen LogP contribution in [0, 0.1) is 5.41 Å². The van der Waals surface area contributed by atoms with E-state index in [4.69, 9.17) is 21.1 Å². The number of benzene rings is 2. The van der Waals surface area contributed by atoms with E-state index in [1.807, 2.05) is 51.1 Å². The monoisotopic (exact) mass is 661 g/mol. The highest BCUT2D eigenvalue weighted by atomic mass is 35.5. The Morgan fingerprint density at radius 3 is 2.50 bits per heavy atom. The molecule has 2 unspecified atom stereocenters. The molecule has 7 nitrogen and oxygen atoms in total. The van der Waals surface area contributed by atoms with Gasteiger partial charge >= 0.3 is 5.97 Å². The van der Waals surface area contributed by atoms with E-state index in [1.165, 1.54) is 0 Å². The molecule has 3 heterocycles. The van der Waals surface area contributed by atoms with Gasteiger partial charge in [0.15, 0.2) is 6.10 Å². The summed E-state index contributed by atoms with van der Waals surface area (Å²) < 4.78 is 14.3.